The molecule has 2 aromatic rings. The minimum Gasteiger partial charge on any atom is -1.00 e. The van der Waals surface area contributed by atoms with E-state index in [0.717, 1.165) is 0 Å². The quantitative estimate of drug-likeness (QED) is 0.260. The minimum absolute atomic E-state index is 0. The van der Waals surface area contributed by atoms with E-state index < -0.39 is 21.3 Å². The van der Waals surface area contributed by atoms with E-state index in [0.29, 0.717) is 15.5 Å². The molecule has 6 aliphatic carbocycles. The Kier molecular flexibility index (Phi) is 12.4. The van der Waals surface area contributed by atoms with Crippen molar-refractivity contribution in [2.45, 2.75) is 120 Å². The molecule has 0 saturated heterocycles. The van der Waals surface area contributed by atoms with Crippen LogP contribution in [0.2, 0.25) is 3.63 Å². The predicted octanol–water partition coefficient (Wildman–Crippen LogP) is 9.42. The van der Waals surface area contributed by atoms with Gasteiger partial charge >= 0.3 is 364 Å². The van der Waals surface area contributed by atoms with Crippen LogP contribution in [0.3, 0.4) is 0 Å². The third-order valence-corrected chi connectivity index (χ3v) is 28.3. The Morgan fingerprint density at radius 3 is 1.63 bits per heavy atom. The van der Waals surface area contributed by atoms with Gasteiger partial charge in [0.15, 0.2) is 0 Å². The molecule has 10 atom stereocenters. The van der Waals surface area contributed by atoms with Gasteiger partial charge < -0.3 is 24.8 Å². The van der Waals surface area contributed by atoms with Gasteiger partial charge in [-0.15, -0.1) is 0 Å². The first-order chi connectivity index (χ1) is 27.2. The molecular weight excluding hydrogens is 847 g/mol. The van der Waals surface area contributed by atoms with Crippen LogP contribution in [-0.2, 0) is 21.3 Å². The Morgan fingerprint density at radius 1 is 0.650 bits per heavy atom. The first-order valence-corrected chi connectivity index (χ1v) is 26.5. The Morgan fingerprint density at radius 2 is 1.13 bits per heavy atom. The number of rotatable bonds is 7. The van der Waals surface area contributed by atoms with Gasteiger partial charge in [0.05, 0.1) is 0 Å². The number of hydrogen-bond acceptors (Lipinski definition) is 0. The average molecular weight is 919 g/mol. The summed E-state index contributed by atoms with van der Waals surface area (Å²) in [6, 6.07) is 19.5. The summed E-state index contributed by atoms with van der Waals surface area (Å²) in [5.74, 6) is 0.862. The molecule has 8 rings (SSSR count). The van der Waals surface area contributed by atoms with Crippen molar-refractivity contribution in [2.24, 2.45) is 55.2 Å². The zero-order valence-corrected chi connectivity index (χ0v) is 43.2. The van der Waals surface area contributed by atoms with Crippen LogP contribution < -0.4 is 24.8 Å². The van der Waals surface area contributed by atoms with Gasteiger partial charge in [-0.25, -0.2) is 0 Å². The zero-order valence-electron chi connectivity index (χ0n) is 39.2. The third-order valence-electron chi connectivity index (χ3n) is 18.9. The van der Waals surface area contributed by atoms with E-state index in [9.17, 15) is 0 Å². The van der Waals surface area contributed by atoms with Crippen molar-refractivity contribution in [1.82, 2.24) is 0 Å². The van der Waals surface area contributed by atoms with Gasteiger partial charge in [-0.3, -0.25) is 0 Å². The molecule has 0 amide bonds. The van der Waals surface area contributed by atoms with Gasteiger partial charge in [-0.05, 0) is 0 Å². The molecule has 2 fully saturated rings. The third kappa shape index (κ3) is 5.85. The minimum atomic E-state index is -3.20. The van der Waals surface area contributed by atoms with Crippen LogP contribution in [0.4, 0.5) is 0 Å². The molecule has 0 bridgehead atoms. The molecule has 318 valence electrons. The smallest absolute Gasteiger partial charge is 1.00 e. The second kappa shape index (κ2) is 15.7. The fourth-order valence-electron chi connectivity index (χ4n) is 14.7. The molecule has 6 aliphatic rings. The number of aryl methyl sites for hydroxylation is 2. The Hall–Kier alpha value is -2.31. The largest absolute Gasteiger partial charge is 1.00 e. The number of unbranched alkanes of at least 4 members (excludes halogenated alkanes) is 1. The first kappa shape index (κ1) is 47.2. The average Bonchev–Trinajstić information content (AvgIpc) is 3.68. The Labute approximate surface area is 385 Å². The molecular formula is C57H72Cl2Zr. The summed E-state index contributed by atoms with van der Waals surface area (Å²) in [4.78, 5) is 0. The van der Waals surface area contributed by atoms with Crippen molar-refractivity contribution in [3.63, 3.8) is 0 Å². The van der Waals surface area contributed by atoms with Gasteiger partial charge in [-0.1, -0.05) is 0 Å². The van der Waals surface area contributed by atoms with E-state index in [2.05, 4.69) is 224 Å². The summed E-state index contributed by atoms with van der Waals surface area (Å²) in [6.45, 7) is 35.9. The predicted molar refractivity (Wildman–Crippen MR) is 248 cm³/mol. The summed E-state index contributed by atoms with van der Waals surface area (Å²) in [5.41, 5.74) is 7.91. The van der Waals surface area contributed by atoms with Crippen LogP contribution in [-0.4, -0.2) is 3.21 Å². The summed E-state index contributed by atoms with van der Waals surface area (Å²) in [5, 5.41) is 0. The summed E-state index contributed by atoms with van der Waals surface area (Å²) in [6.07, 6.45) is 37.4. The maximum Gasteiger partial charge on any atom is -1.00 e. The van der Waals surface area contributed by atoms with Crippen molar-refractivity contribution in [3.8, 4) is 0 Å². The molecule has 0 aromatic heterocycles. The molecule has 0 radical (unpaired) electrons. The first-order valence-electron chi connectivity index (χ1n) is 22.6. The van der Waals surface area contributed by atoms with Crippen molar-refractivity contribution in [2.75, 3.05) is 0 Å². The van der Waals surface area contributed by atoms with Crippen LogP contribution in [0.25, 0.3) is 0 Å². The van der Waals surface area contributed by atoms with Crippen LogP contribution in [0.1, 0.15) is 125 Å². The molecule has 3 heteroatoms. The number of halogens is 2. The number of benzene rings is 2. The Bertz CT molecular complexity index is 2250. The van der Waals surface area contributed by atoms with Gasteiger partial charge in [0.1, 0.15) is 0 Å². The molecule has 2 saturated carbocycles. The van der Waals surface area contributed by atoms with E-state index in [4.69, 9.17) is 0 Å². The van der Waals surface area contributed by atoms with Crippen molar-refractivity contribution >= 4 is 3.21 Å². The molecule has 2 aromatic carbocycles. The van der Waals surface area contributed by atoms with E-state index in [-0.39, 0.29) is 68.1 Å². The number of hydrogen-bond donors (Lipinski definition) is 0. The molecule has 0 heterocycles. The summed E-state index contributed by atoms with van der Waals surface area (Å²) >= 11 is -3.20. The molecule has 0 nitrogen and oxygen atoms in total. The van der Waals surface area contributed by atoms with Crippen molar-refractivity contribution < 1.29 is 46.1 Å². The number of allylic oxidation sites excluding steroid dienone is 16. The van der Waals surface area contributed by atoms with Gasteiger partial charge in [0.25, 0.3) is 0 Å². The monoisotopic (exact) mass is 916 g/mol. The fourth-order valence-corrected chi connectivity index (χ4v) is 26.5. The topological polar surface area (TPSA) is 0 Å². The van der Waals surface area contributed by atoms with Crippen LogP contribution in [0, 0.1) is 69.0 Å². The summed E-state index contributed by atoms with van der Waals surface area (Å²) in [7, 11) is 0. The SMILES string of the molecule is CCCCC1C=C(C(C)(C)C)C=[C]1[Zr+2](=[C](c1ccc(C)cc1)c1ccc(C)cc1)[CH]1C2C=CC=C(C)C2(C)C2(C)C3(C)C=CC=CC3(C)C3(C)C=CC=CC3(C)C12C.[Cl-].[Cl-]. The van der Waals surface area contributed by atoms with E-state index in [1.165, 1.54) is 41.5 Å². The molecule has 10 unspecified atom stereocenters. The van der Waals surface area contributed by atoms with E-state index in [1.807, 2.05) is 3.28 Å². The van der Waals surface area contributed by atoms with Crippen molar-refractivity contribution in [1.29, 1.82) is 0 Å². The molecule has 0 aliphatic heterocycles. The number of fused-ring (bicyclic) bond motifs is 8. The van der Waals surface area contributed by atoms with Gasteiger partial charge in [0.2, 0.25) is 0 Å². The van der Waals surface area contributed by atoms with E-state index >= 15 is 0 Å². The maximum atomic E-state index is 2.86. The van der Waals surface area contributed by atoms with Crippen LogP contribution in [0.5, 0.6) is 0 Å². The zero-order chi connectivity index (χ0) is 41.9. The maximum absolute atomic E-state index is 3.20. The second-order valence-corrected chi connectivity index (χ2v) is 28.0. The van der Waals surface area contributed by atoms with Gasteiger partial charge in [-0.2, -0.15) is 0 Å². The molecule has 0 spiro atoms. The van der Waals surface area contributed by atoms with Crippen LogP contribution in [0.15, 0.2) is 142 Å². The van der Waals surface area contributed by atoms with Crippen molar-refractivity contribution in [3.05, 3.63) is 164 Å². The molecule has 0 N–H and O–H groups in total. The normalized spacial score (nSPS) is 37.9. The Balaban J connectivity index is 0.00000302. The van der Waals surface area contributed by atoms with Gasteiger partial charge in [0, 0.05) is 0 Å². The fraction of sp³-hybridized carbons (Fsp3) is 0.491. The standard InChI is InChI=1S/C29H37.C15H14.C13H21.2ClH.Zr/c1-21-14-13-15-22-20-27(6)25(4)18-10-9-16-23(25,2)24(3)17-11-12-19-26(24,5)29(27,8)28(21,22)7;1-12-3-7-14(8-4-12)11-15-9-5-13(2)6-10-15;1-5-6-7-11-8-9-12(10-11)13(2,3)4;;;/h9-20,22H,1-8H3;3-10H,1-2H3;9-11H,5-7H2,1-4H3;2*1H;/q;;;;;+2/p-2. The molecule has 60 heavy (non-hydrogen) atoms. The van der Waals surface area contributed by atoms with Crippen LogP contribution >= 0.6 is 0 Å². The second-order valence-electron chi connectivity index (χ2n) is 21.8. The van der Waals surface area contributed by atoms with E-state index in [1.54, 1.807) is 14.4 Å². The summed E-state index contributed by atoms with van der Waals surface area (Å²) < 4.78 is 4.01.